The molecule has 1 heterocycles. The first kappa shape index (κ1) is 16.3. The van der Waals surface area contributed by atoms with Crippen LogP contribution in [0.25, 0.3) is 0 Å². The highest BCUT2D eigenvalue weighted by molar-refractivity contribution is 7.13. The van der Waals surface area contributed by atoms with Gasteiger partial charge in [0, 0.05) is 5.92 Å². The molecule has 0 radical (unpaired) electrons. The SMILES string of the molecule is CCOC(=O)c1sc(C2CCC(C(F)(F)F)CC2)nc1C. The predicted molar refractivity (Wildman–Crippen MR) is 73.6 cm³/mol. The monoisotopic (exact) mass is 321 g/mol. The minimum atomic E-state index is -4.10. The van der Waals surface area contributed by atoms with Crippen molar-refractivity contribution in [1.29, 1.82) is 0 Å². The molecular weight excluding hydrogens is 303 g/mol. The van der Waals surface area contributed by atoms with Gasteiger partial charge in [-0.25, -0.2) is 9.78 Å². The molecular formula is C14H18F3NO2S. The lowest BCUT2D eigenvalue weighted by molar-refractivity contribution is -0.182. The zero-order chi connectivity index (χ0) is 15.6. The number of hydrogen-bond acceptors (Lipinski definition) is 4. The summed E-state index contributed by atoms with van der Waals surface area (Å²) in [4.78, 5) is 16.6. The van der Waals surface area contributed by atoms with Crippen molar-refractivity contribution < 1.29 is 22.7 Å². The summed E-state index contributed by atoms with van der Waals surface area (Å²) in [5.74, 6) is -1.57. The van der Waals surface area contributed by atoms with Gasteiger partial charge in [0.1, 0.15) is 4.88 Å². The molecule has 1 aromatic heterocycles. The molecule has 1 aliphatic rings. The van der Waals surface area contributed by atoms with Gasteiger partial charge in [-0.05, 0) is 39.5 Å². The summed E-state index contributed by atoms with van der Waals surface area (Å²) in [5, 5.41) is 0.760. The maximum atomic E-state index is 12.7. The number of rotatable bonds is 3. The van der Waals surface area contributed by atoms with Crippen molar-refractivity contribution in [2.45, 2.75) is 51.6 Å². The van der Waals surface area contributed by atoms with Gasteiger partial charge in [0.15, 0.2) is 0 Å². The number of esters is 1. The maximum absolute atomic E-state index is 12.7. The summed E-state index contributed by atoms with van der Waals surface area (Å²) in [6, 6.07) is 0. The van der Waals surface area contributed by atoms with E-state index in [1.165, 1.54) is 11.3 Å². The number of ether oxygens (including phenoxy) is 1. The van der Waals surface area contributed by atoms with Gasteiger partial charge in [0.2, 0.25) is 0 Å². The molecule has 0 N–H and O–H groups in total. The zero-order valence-corrected chi connectivity index (χ0v) is 12.8. The number of nitrogens with zero attached hydrogens (tertiary/aromatic N) is 1. The Labute approximate surface area is 125 Å². The molecule has 118 valence electrons. The summed E-state index contributed by atoms with van der Waals surface area (Å²) in [6.07, 6.45) is -2.87. The van der Waals surface area contributed by atoms with E-state index in [4.69, 9.17) is 4.74 Å². The van der Waals surface area contributed by atoms with E-state index < -0.39 is 18.1 Å². The number of carbonyl (C=O) groups is 1. The molecule has 1 saturated carbocycles. The van der Waals surface area contributed by atoms with Crippen LogP contribution in [0.3, 0.4) is 0 Å². The molecule has 0 saturated heterocycles. The third-order valence-corrected chi connectivity index (χ3v) is 5.11. The summed E-state index contributed by atoms with van der Waals surface area (Å²) >= 11 is 1.26. The maximum Gasteiger partial charge on any atom is 0.391 e. The Hall–Kier alpha value is -1.11. The lowest BCUT2D eigenvalue weighted by Gasteiger charge is -2.28. The van der Waals surface area contributed by atoms with Gasteiger partial charge < -0.3 is 4.74 Å². The second-order valence-electron chi connectivity index (χ2n) is 5.28. The van der Waals surface area contributed by atoms with Crippen LogP contribution < -0.4 is 0 Å². The molecule has 0 spiro atoms. The molecule has 0 aliphatic heterocycles. The lowest BCUT2D eigenvalue weighted by Crippen LogP contribution is -2.27. The van der Waals surface area contributed by atoms with Crippen molar-refractivity contribution in [3.63, 3.8) is 0 Å². The molecule has 0 bridgehead atoms. The van der Waals surface area contributed by atoms with E-state index >= 15 is 0 Å². The second-order valence-corrected chi connectivity index (χ2v) is 6.31. The van der Waals surface area contributed by atoms with Crippen molar-refractivity contribution in [3.05, 3.63) is 15.6 Å². The molecule has 21 heavy (non-hydrogen) atoms. The fourth-order valence-electron chi connectivity index (χ4n) is 2.65. The summed E-state index contributed by atoms with van der Waals surface area (Å²) in [6.45, 7) is 3.75. The Kier molecular flexibility index (Phi) is 4.91. The number of aryl methyl sites for hydroxylation is 1. The van der Waals surface area contributed by atoms with Crippen molar-refractivity contribution in [3.8, 4) is 0 Å². The molecule has 1 aromatic rings. The summed E-state index contributed by atoms with van der Waals surface area (Å²) in [5.41, 5.74) is 0.603. The highest BCUT2D eigenvalue weighted by Gasteiger charge is 2.42. The van der Waals surface area contributed by atoms with Gasteiger partial charge >= 0.3 is 12.1 Å². The molecule has 0 atom stereocenters. The van der Waals surface area contributed by atoms with Crippen LogP contribution in [0.5, 0.6) is 0 Å². The zero-order valence-electron chi connectivity index (χ0n) is 12.0. The fourth-order valence-corrected chi connectivity index (χ4v) is 3.78. The van der Waals surface area contributed by atoms with Gasteiger partial charge in [-0.3, -0.25) is 0 Å². The first-order valence-corrected chi connectivity index (χ1v) is 7.85. The van der Waals surface area contributed by atoms with E-state index in [9.17, 15) is 18.0 Å². The highest BCUT2D eigenvalue weighted by Crippen LogP contribution is 2.43. The molecule has 0 unspecified atom stereocenters. The Bertz CT molecular complexity index is 505. The van der Waals surface area contributed by atoms with Crippen LogP contribution >= 0.6 is 11.3 Å². The number of halogens is 3. The number of aromatic nitrogens is 1. The standard InChI is InChI=1S/C14H18F3NO2S/c1-3-20-13(19)11-8(2)18-12(21-11)9-4-6-10(7-5-9)14(15,16)17/h9-10H,3-7H2,1-2H3. The topological polar surface area (TPSA) is 39.2 Å². The van der Waals surface area contributed by atoms with Crippen LogP contribution in [-0.4, -0.2) is 23.7 Å². The smallest absolute Gasteiger partial charge is 0.391 e. The van der Waals surface area contributed by atoms with Gasteiger partial charge in [-0.15, -0.1) is 11.3 Å². The average Bonchev–Trinajstić information content (AvgIpc) is 2.80. The van der Waals surface area contributed by atoms with Crippen LogP contribution in [0, 0.1) is 12.8 Å². The Morgan fingerprint density at radius 2 is 1.95 bits per heavy atom. The van der Waals surface area contributed by atoms with Gasteiger partial charge in [0.25, 0.3) is 0 Å². The van der Waals surface area contributed by atoms with Gasteiger partial charge in [0.05, 0.1) is 23.2 Å². The van der Waals surface area contributed by atoms with Gasteiger partial charge in [-0.2, -0.15) is 13.2 Å². The van der Waals surface area contributed by atoms with Crippen LogP contribution in [0.4, 0.5) is 13.2 Å². The predicted octanol–water partition coefficient (Wildman–Crippen LogP) is 4.46. The Morgan fingerprint density at radius 1 is 1.33 bits per heavy atom. The average molecular weight is 321 g/mol. The fraction of sp³-hybridized carbons (Fsp3) is 0.714. The third-order valence-electron chi connectivity index (χ3n) is 3.81. The highest BCUT2D eigenvalue weighted by atomic mass is 32.1. The van der Waals surface area contributed by atoms with Gasteiger partial charge in [-0.1, -0.05) is 0 Å². The van der Waals surface area contributed by atoms with E-state index in [1.54, 1.807) is 13.8 Å². The Balaban J connectivity index is 2.04. The quantitative estimate of drug-likeness (QED) is 0.771. The Morgan fingerprint density at radius 3 is 2.48 bits per heavy atom. The van der Waals surface area contributed by atoms with Crippen LogP contribution in [-0.2, 0) is 4.74 Å². The van der Waals surface area contributed by atoms with E-state index in [0.717, 1.165) is 5.01 Å². The first-order chi connectivity index (χ1) is 9.82. The van der Waals surface area contributed by atoms with Crippen LogP contribution in [0.15, 0.2) is 0 Å². The van der Waals surface area contributed by atoms with E-state index in [1.807, 2.05) is 0 Å². The normalized spacial score (nSPS) is 23.1. The van der Waals surface area contributed by atoms with Crippen molar-refractivity contribution in [1.82, 2.24) is 4.98 Å². The van der Waals surface area contributed by atoms with Crippen molar-refractivity contribution in [2.75, 3.05) is 6.61 Å². The number of hydrogen-bond donors (Lipinski definition) is 0. The molecule has 2 rings (SSSR count). The largest absolute Gasteiger partial charge is 0.462 e. The molecule has 0 aromatic carbocycles. The van der Waals surface area contributed by atoms with Crippen LogP contribution in [0.2, 0.25) is 0 Å². The van der Waals surface area contributed by atoms with E-state index in [0.29, 0.717) is 30.0 Å². The van der Waals surface area contributed by atoms with E-state index in [-0.39, 0.29) is 18.8 Å². The lowest BCUT2D eigenvalue weighted by atomic mass is 9.82. The molecule has 7 heteroatoms. The number of alkyl halides is 3. The first-order valence-electron chi connectivity index (χ1n) is 7.04. The minimum Gasteiger partial charge on any atom is -0.462 e. The minimum absolute atomic E-state index is 0.0236. The van der Waals surface area contributed by atoms with Crippen molar-refractivity contribution >= 4 is 17.3 Å². The molecule has 3 nitrogen and oxygen atoms in total. The summed E-state index contributed by atoms with van der Waals surface area (Å²) < 4.78 is 42.9. The summed E-state index contributed by atoms with van der Waals surface area (Å²) in [7, 11) is 0. The molecule has 1 fully saturated rings. The second kappa shape index (κ2) is 6.34. The van der Waals surface area contributed by atoms with Crippen molar-refractivity contribution in [2.24, 2.45) is 5.92 Å². The van der Waals surface area contributed by atoms with Crippen LogP contribution in [0.1, 0.15) is 58.9 Å². The number of thiazole rings is 1. The molecule has 1 aliphatic carbocycles. The molecule has 0 amide bonds. The number of carbonyl (C=O) groups excluding carboxylic acids is 1. The van der Waals surface area contributed by atoms with E-state index in [2.05, 4.69) is 4.98 Å². The third kappa shape index (κ3) is 3.75.